The molecule has 17 heavy (non-hydrogen) atoms. The van der Waals surface area contributed by atoms with Crippen LogP contribution in [-0.4, -0.2) is 19.1 Å². The molecule has 0 unspecified atom stereocenters. The molecule has 0 spiro atoms. The van der Waals surface area contributed by atoms with Crippen LogP contribution in [0.3, 0.4) is 0 Å². The molecule has 0 aromatic heterocycles. The van der Waals surface area contributed by atoms with Crippen molar-refractivity contribution in [1.29, 1.82) is 0 Å². The highest BCUT2D eigenvalue weighted by Crippen LogP contribution is 2.32. The SMILES string of the molecule is CCOC(=O)c1ccc(NCCC2CC2)cc1. The number of anilines is 1. The quantitative estimate of drug-likeness (QED) is 0.767. The van der Waals surface area contributed by atoms with Crippen molar-refractivity contribution in [2.75, 3.05) is 18.5 Å². The molecule has 1 N–H and O–H groups in total. The van der Waals surface area contributed by atoms with Gasteiger partial charge in [0, 0.05) is 12.2 Å². The first-order valence-electron chi connectivity index (χ1n) is 6.30. The molecule has 0 aliphatic heterocycles. The summed E-state index contributed by atoms with van der Waals surface area (Å²) < 4.78 is 4.93. The third kappa shape index (κ3) is 3.77. The van der Waals surface area contributed by atoms with Crippen LogP contribution in [0, 0.1) is 5.92 Å². The Morgan fingerprint density at radius 2 is 2.06 bits per heavy atom. The number of carbonyl (C=O) groups is 1. The fraction of sp³-hybridized carbons (Fsp3) is 0.500. The summed E-state index contributed by atoms with van der Waals surface area (Å²) in [6.45, 7) is 3.25. The number of rotatable bonds is 6. The molecule has 0 heterocycles. The summed E-state index contributed by atoms with van der Waals surface area (Å²) in [6, 6.07) is 7.47. The van der Waals surface area contributed by atoms with Crippen LogP contribution >= 0.6 is 0 Å². The normalized spacial score (nSPS) is 14.4. The van der Waals surface area contributed by atoms with Gasteiger partial charge in [-0.15, -0.1) is 0 Å². The van der Waals surface area contributed by atoms with Gasteiger partial charge in [0.2, 0.25) is 0 Å². The van der Waals surface area contributed by atoms with Gasteiger partial charge >= 0.3 is 5.97 Å². The molecule has 2 rings (SSSR count). The van der Waals surface area contributed by atoms with E-state index in [1.54, 1.807) is 12.1 Å². The van der Waals surface area contributed by atoms with E-state index in [0.717, 1.165) is 18.2 Å². The Morgan fingerprint density at radius 3 is 2.65 bits per heavy atom. The van der Waals surface area contributed by atoms with Gasteiger partial charge in [-0.2, -0.15) is 0 Å². The highest BCUT2D eigenvalue weighted by Gasteiger charge is 2.20. The Balaban J connectivity index is 1.81. The molecular weight excluding hydrogens is 214 g/mol. The highest BCUT2D eigenvalue weighted by molar-refractivity contribution is 5.89. The molecule has 1 saturated carbocycles. The molecule has 1 aliphatic rings. The van der Waals surface area contributed by atoms with Gasteiger partial charge in [-0.25, -0.2) is 4.79 Å². The number of carbonyl (C=O) groups excluding carboxylic acids is 1. The highest BCUT2D eigenvalue weighted by atomic mass is 16.5. The van der Waals surface area contributed by atoms with Crippen molar-refractivity contribution in [3.8, 4) is 0 Å². The lowest BCUT2D eigenvalue weighted by atomic mass is 10.2. The monoisotopic (exact) mass is 233 g/mol. The van der Waals surface area contributed by atoms with Crippen molar-refractivity contribution >= 4 is 11.7 Å². The molecule has 92 valence electrons. The number of esters is 1. The average Bonchev–Trinajstić information content (AvgIpc) is 3.14. The van der Waals surface area contributed by atoms with E-state index in [2.05, 4.69) is 5.32 Å². The van der Waals surface area contributed by atoms with Crippen LogP contribution in [0.4, 0.5) is 5.69 Å². The maximum Gasteiger partial charge on any atom is 0.338 e. The van der Waals surface area contributed by atoms with Crippen LogP contribution in [0.5, 0.6) is 0 Å². The van der Waals surface area contributed by atoms with Gasteiger partial charge in [0.15, 0.2) is 0 Å². The van der Waals surface area contributed by atoms with Gasteiger partial charge in [-0.05, 0) is 43.5 Å². The smallest absolute Gasteiger partial charge is 0.338 e. The van der Waals surface area contributed by atoms with E-state index in [4.69, 9.17) is 4.74 Å². The van der Waals surface area contributed by atoms with E-state index in [1.807, 2.05) is 19.1 Å². The van der Waals surface area contributed by atoms with E-state index in [-0.39, 0.29) is 5.97 Å². The Labute approximate surface area is 102 Å². The molecule has 1 aromatic carbocycles. The summed E-state index contributed by atoms with van der Waals surface area (Å²) in [6.07, 6.45) is 4.03. The Morgan fingerprint density at radius 1 is 1.35 bits per heavy atom. The predicted molar refractivity (Wildman–Crippen MR) is 68.2 cm³/mol. The van der Waals surface area contributed by atoms with E-state index in [1.165, 1.54) is 19.3 Å². The summed E-state index contributed by atoms with van der Waals surface area (Å²) >= 11 is 0. The summed E-state index contributed by atoms with van der Waals surface area (Å²) in [5, 5.41) is 3.36. The van der Waals surface area contributed by atoms with Crippen molar-refractivity contribution in [1.82, 2.24) is 0 Å². The third-order valence-electron chi connectivity index (χ3n) is 2.97. The van der Waals surface area contributed by atoms with E-state index >= 15 is 0 Å². The van der Waals surface area contributed by atoms with Gasteiger partial charge in [0.05, 0.1) is 12.2 Å². The first-order valence-corrected chi connectivity index (χ1v) is 6.30. The van der Waals surface area contributed by atoms with Crippen molar-refractivity contribution in [2.45, 2.75) is 26.2 Å². The largest absolute Gasteiger partial charge is 0.462 e. The van der Waals surface area contributed by atoms with Gasteiger partial charge in [-0.1, -0.05) is 12.8 Å². The van der Waals surface area contributed by atoms with Crippen molar-refractivity contribution in [2.24, 2.45) is 5.92 Å². The van der Waals surface area contributed by atoms with Crippen LogP contribution in [0.1, 0.15) is 36.5 Å². The van der Waals surface area contributed by atoms with E-state index in [0.29, 0.717) is 12.2 Å². The molecule has 3 nitrogen and oxygen atoms in total. The van der Waals surface area contributed by atoms with Crippen molar-refractivity contribution < 1.29 is 9.53 Å². The van der Waals surface area contributed by atoms with Crippen LogP contribution in [0.25, 0.3) is 0 Å². The minimum Gasteiger partial charge on any atom is -0.462 e. The number of hydrogen-bond donors (Lipinski definition) is 1. The number of hydrogen-bond acceptors (Lipinski definition) is 3. The third-order valence-corrected chi connectivity index (χ3v) is 2.97. The van der Waals surface area contributed by atoms with Gasteiger partial charge in [0.1, 0.15) is 0 Å². The van der Waals surface area contributed by atoms with Crippen LogP contribution in [0.15, 0.2) is 24.3 Å². The van der Waals surface area contributed by atoms with Gasteiger partial charge in [-0.3, -0.25) is 0 Å². The lowest BCUT2D eigenvalue weighted by Crippen LogP contribution is -2.05. The van der Waals surface area contributed by atoms with Crippen LogP contribution in [0.2, 0.25) is 0 Å². The van der Waals surface area contributed by atoms with Crippen molar-refractivity contribution in [3.63, 3.8) is 0 Å². The summed E-state index contributed by atoms with van der Waals surface area (Å²) in [5.74, 6) is 0.693. The number of benzene rings is 1. The first kappa shape index (κ1) is 12.0. The van der Waals surface area contributed by atoms with E-state index < -0.39 is 0 Å². The minimum absolute atomic E-state index is 0.253. The predicted octanol–water partition coefficient (Wildman–Crippen LogP) is 3.08. The maximum atomic E-state index is 11.4. The Bertz CT molecular complexity index is 368. The van der Waals surface area contributed by atoms with Gasteiger partial charge < -0.3 is 10.1 Å². The summed E-state index contributed by atoms with van der Waals surface area (Å²) in [7, 11) is 0. The zero-order chi connectivity index (χ0) is 12.1. The Kier molecular flexibility index (Phi) is 4.02. The average molecular weight is 233 g/mol. The molecule has 0 radical (unpaired) electrons. The zero-order valence-electron chi connectivity index (χ0n) is 10.2. The second-order valence-corrected chi connectivity index (χ2v) is 4.46. The molecule has 3 heteroatoms. The molecule has 0 atom stereocenters. The zero-order valence-corrected chi connectivity index (χ0v) is 10.2. The second-order valence-electron chi connectivity index (χ2n) is 4.46. The van der Waals surface area contributed by atoms with Crippen LogP contribution < -0.4 is 5.32 Å². The second kappa shape index (κ2) is 5.71. The topological polar surface area (TPSA) is 38.3 Å². The lowest BCUT2D eigenvalue weighted by molar-refractivity contribution is 0.0526. The van der Waals surface area contributed by atoms with Gasteiger partial charge in [0.25, 0.3) is 0 Å². The first-order chi connectivity index (χ1) is 8.29. The molecule has 1 aliphatic carbocycles. The lowest BCUT2D eigenvalue weighted by Gasteiger charge is -2.06. The Hall–Kier alpha value is -1.51. The molecule has 1 fully saturated rings. The molecular formula is C14H19NO2. The van der Waals surface area contributed by atoms with E-state index in [9.17, 15) is 4.79 Å². The minimum atomic E-state index is -0.253. The fourth-order valence-corrected chi connectivity index (χ4v) is 1.77. The molecule has 0 saturated heterocycles. The standard InChI is InChI=1S/C14H19NO2/c1-2-17-14(16)12-5-7-13(8-6-12)15-10-9-11-3-4-11/h5-8,11,15H,2-4,9-10H2,1H3. The number of nitrogens with one attached hydrogen (secondary N) is 1. The van der Waals surface area contributed by atoms with Crippen molar-refractivity contribution in [3.05, 3.63) is 29.8 Å². The number of ether oxygens (including phenoxy) is 1. The fourth-order valence-electron chi connectivity index (χ4n) is 1.77. The molecule has 1 aromatic rings. The maximum absolute atomic E-state index is 11.4. The van der Waals surface area contributed by atoms with Crippen LogP contribution in [-0.2, 0) is 4.74 Å². The molecule has 0 bridgehead atoms. The summed E-state index contributed by atoms with van der Waals surface area (Å²) in [4.78, 5) is 11.4. The molecule has 0 amide bonds. The summed E-state index contributed by atoms with van der Waals surface area (Å²) in [5.41, 5.74) is 1.68.